The highest BCUT2D eigenvalue weighted by Gasteiger charge is 2.33. The van der Waals surface area contributed by atoms with Crippen LogP contribution in [-0.2, 0) is 0 Å². The van der Waals surface area contributed by atoms with Gasteiger partial charge in [0.15, 0.2) is 0 Å². The zero-order chi connectivity index (χ0) is 23.2. The SMILES string of the molecule is CC(C)[C@H]1CC[C@H](C)C[C@@H]1Op1oc2ccc3ccccc3c2c2c(ccc3ccccc32)o1. The summed E-state index contributed by atoms with van der Waals surface area (Å²) in [4.78, 5) is 0. The Labute approximate surface area is 201 Å². The molecule has 34 heavy (non-hydrogen) atoms. The molecule has 0 aliphatic heterocycles. The third-order valence-corrected chi connectivity index (χ3v) is 8.69. The molecule has 1 aliphatic rings. The minimum Gasteiger partial charge on any atom is -0.399 e. The number of benzene rings is 4. The molecule has 0 spiro atoms. The Kier molecular flexibility index (Phi) is 5.63. The van der Waals surface area contributed by atoms with E-state index in [4.69, 9.17) is 12.9 Å². The molecule has 0 unspecified atom stereocenters. The highest BCUT2D eigenvalue weighted by Crippen LogP contribution is 2.43. The Morgan fingerprint density at radius 2 is 1.32 bits per heavy atom. The van der Waals surface area contributed by atoms with Crippen molar-refractivity contribution in [1.29, 1.82) is 0 Å². The minimum absolute atomic E-state index is 0.153. The van der Waals surface area contributed by atoms with Gasteiger partial charge in [-0.1, -0.05) is 87.9 Å². The molecule has 0 radical (unpaired) electrons. The molecule has 0 bridgehead atoms. The molecule has 4 heteroatoms. The molecule has 0 saturated heterocycles. The lowest BCUT2D eigenvalue weighted by atomic mass is 9.75. The molecular formula is C30H31O3P. The van der Waals surface area contributed by atoms with Crippen LogP contribution in [0.1, 0.15) is 40.0 Å². The van der Waals surface area contributed by atoms with E-state index in [-0.39, 0.29) is 6.10 Å². The largest absolute Gasteiger partial charge is 0.399 e. The summed E-state index contributed by atoms with van der Waals surface area (Å²) in [6, 6.07) is 25.5. The first-order valence-electron chi connectivity index (χ1n) is 12.4. The summed E-state index contributed by atoms with van der Waals surface area (Å²) in [5.74, 6) is 1.77. The number of fused-ring (bicyclic) bond motifs is 7. The molecule has 3 nitrogen and oxygen atoms in total. The number of rotatable bonds is 3. The summed E-state index contributed by atoms with van der Waals surface area (Å²) in [7, 11) is -1.58. The molecule has 1 saturated carbocycles. The Bertz CT molecular complexity index is 1440. The number of hydrogen-bond acceptors (Lipinski definition) is 3. The van der Waals surface area contributed by atoms with Crippen molar-refractivity contribution in [1.82, 2.24) is 0 Å². The highest BCUT2D eigenvalue weighted by atomic mass is 31.1. The Balaban J connectivity index is 1.65. The smallest absolute Gasteiger partial charge is 0.387 e. The van der Waals surface area contributed by atoms with E-state index >= 15 is 0 Å². The van der Waals surface area contributed by atoms with Crippen molar-refractivity contribution < 1.29 is 12.9 Å². The lowest BCUT2D eigenvalue weighted by Crippen LogP contribution is -2.35. The molecule has 1 aromatic heterocycles. The fourth-order valence-corrected chi connectivity index (χ4v) is 6.95. The van der Waals surface area contributed by atoms with Gasteiger partial charge < -0.3 is 8.39 Å². The van der Waals surface area contributed by atoms with Crippen molar-refractivity contribution in [2.45, 2.75) is 46.1 Å². The minimum atomic E-state index is -1.58. The van der Waals surface area contributed by atoms with Gasteiger partial charge in [-0.05, 0) is 64.3 Å². The van der Waals surface area contributed by atoms with Crippen molar-refractivity contribution in [3.63, 3.8) is 0 Å². The van der Waals surface area contributed by atoms with E-state index in [1.807, 2.05) is 0 Å². The molecular weight excluding hydrogens is 439 g/mol. The van der Waals surface area contributed by atoms with Crippen LogP contribution in [0, 0.1) is 17.8 Å². The summed E-state index contributed by atoms with van der Waals surface area (Å²) in [6.07, 6.45) is 3.69. The summed E-state index contributed by atoms with van der Waals surface area (Å²) < 4.78 is 19.9. The van der Waals surface area contributed by atoms with Crippen LogP contribution in [0.2, 0.25) is 0 Å². The van der Waals surface area contributed by atoms with Gasteiger partial charge in [-0.15, -0.1) is 0 Å². The summed E-state index contributed by atoms with van der Waals surface area (Å²) >= 11 is 0. The van der Waals surface area contributed by atoms with Gasteiger partial charge in [0.1, 0.15) is 11.2 Å². The van der Waals surface area contributed by atoms with E-state index in [9.17, 15) is 0 Å². The van der Waals surface area contributed by atoms with E-state index < -0.39 is 8.24 Å². The molecule has 3 atom stereocenters. The third-order valence-electron chi connectivity index (χ3n) is 7.56. The maximum atomic E-state index is 6.71. The van der Waals surface area contributed by atoms with Gasteiger partial charge in [0.25, 0.3) is 0 Å². The second-order valence-corrected chi connectivity index (χ2v) is 11.2. The average Bonchev–Trinajstić information content (AvgIpc) is 3.00. The average molecular weight is 471 g/mol. The third kappa shape index (κ3) is 3.82. The van der Waals surface area contributed by atoms with Crippen LogP contribution >= 0.6 is 8.24 Å². The normalized spacial score (nSPS) is 21.1. The molecule has 174 valence electrons. The molecule has 4 aromatic carbocycles. The standard InChI is InChI=1S/C30H31O3P/c1-19(2)23-15-12-20(3)18-28(23)33-34-31-26-16-13-21-8-4-6-10-24(21)29(26)30-25-11-7-5-9-22(25)14-17-27(30)32-34/h4-11,13-14,16-17,19-20,23,28H,12,15,18H2,1-3H3/t20-,23+,28-/m0/s1. The molecule has 1 aliphatic carbocycles. The van der Waals surface area contributed by atoms with E-state index in [1.165, 1.54) is 34.4 Å². The second-order valence-electron chi connectivity index (χ2n) is 10.2. The van der Waals surface area contributed by atoms with Crippen LogP contribution < -0.4 is 4.52 Å². The predicted octanol–water partition coefficient (Wildman–Crippen LogP) is 9.49. The fraction of sp³-hybridized carbons (Fsp3) is 0.333. The highest BCUT2D eigenvalue weighted by molar-refractivity contribution is 7.31. The second kappa shape index (κ2) is 8.80. The van der Waals surface area contributed by atoms with E-state index in [0.29, 0.717) is 17.8 Å². The molecule has 5 aromatic rings. The van der Waals surface area contributed by atoms with Crippen molar-refractivity contribution in [2.75, 3.05) is 0 Å². The topological polar surface area (TPSA) is 35.5 Å². The predicted molar refractivity (Wildman–Crippen MR) is 143 cm³/mol. The Hall–Kier alpha value is -2.74. The molecule has 0 amide bonds. The lowest BCUT2D eigenvalue weighted by molar-refractivity contribution is 0.0746. The van der Waals surface area contributed by atoms with Crippen LogP contribution in [-0.4, -0.2) is 6.10 Å². The van der Waals surface area contributed by atoms with Crippen LogP contribution in [0.3, 0.4) is 0 Å². The zero-order valence-electron chi connectivity index (χ0n) is 20.0. The maximum Gasteiger partial charge on any atom is 0.387 e. The van der Waals surface area contributed by atoms with Crippen LogP contribution in [0.5, 0.6) is 0 Å². The molecule has 1 heterocycles. The van der Waals surface area contributed by atoms with Gasteiger partial charge in [0, 0.05) is 10.8 Å². The quantitative estimate of drug-likeness (QED) is 0.263. The van der Waals surface area contributed by atoms with Crippen LogP contribution in [0.4, 0.5) is 0 Å². The van der Waals surface area contributed by atoms with E-state index in [1.54, 1.807) is 0 Å². The summed E-state index contributed by atoms with van der Waals surface area (Å²) in [5.41, 5.74) is 1.68. The van der Waals surface area contributed by atoms with Crippen molar-refractivity contribution >= 4 is 51.7 Å². The van der Waals surface area contributed by atoms with Gasteiger partial charge in [0.05, 0.1) is 6.10 Å². The first-order valence-corrected chi connectivity index (χ1v) is 13.5. The summed E-state index contributed by atoms with van der Waals surface area (Å²) in [6.45, 7) is 6.95. The van der Waals surface area contributed by atoms with Crippen molar-refractivity contribution in [2.24, 2.45) is 17.8 Å². The lowest BCUT2D eigenvalue weighted by Gasteiger charge is -2.35. The molecule has 1 fully saturated rings. The fourth-order valence-electron chi connectivity index (χ4n) is 5.74. The zero-order valence-corrected chi connectivity index (χ0v) is 20.9. The Morgan fingerprint density at radius 1 is 0.765 bits per heavy atom. The molecule has 0 N–H and O–H groups in total. The first-order chi connectivity index (χ1) is 16.6. The number of hydrogen-bond donors (Lipinski definition) is 0. The van der Waals surface area contributed by atoms with Gasteiger partial charge in [-0.2, -0.15) is 0 Å². The van der Waals surface area contributed by atoms with Crippen molar-refractivity contribution in [3.05, 3.63) is 72.8 Å². The van der Waals surface area contributed by atoms with Crippen molar-refractivity contribution in [3.8, 4) is 0 Å². The van der Waals surface area contributed by atoms with E-state index in [0.717, 1.165) is 28.4 Å². The van der Waals surface area contributed by atoms with Gasteiger partial charge in [-0.3, -0.25) is 4.52 Å². The van der Waals surface area contributed by atoms with Crippen LogP contribution in [0.15, 0.2) is 81.2 Å². The van der Waals surface area contributed by atoms with Gasteiger partial charge >= 0.3 is 8.24 Å². The van der Waals surface area contributed by atoms with Crippen LogP contribution in [0.25, 0.3) is 43.5 Å². The maximum absolute atomic E-state index is 6.71. The monoisotopic (exact) mass is 470 g/mol. The van der Waals surface area contributed by atoms with E-state index in [2.05, 4.69) is 93.6 Å². The summed E-state index contributed by atoms with van der Waals surface area (Å²) in [5, 5.41) is 6.91. The Morgan fingerprint density at radius 3 is 1.88 bits per heavy atom. The van der Waals surface area contributed by atoms with Gasteiger partial charge in [-0.25, -0.2) is 0 Å². The first kappa shape index (κ1) is 21.8. The molecule has 6 rings (SSSR count). The van der Waals surface area contributed by atoms with Gasteiger partial charge in [0.2, 0.25) is 0 Å².